The summed E-state index contributed by atoms with van der Waals surface area (Å²) in [7, 11) is 4.49. The van der Waals surface area contributed by atoms with Crippen LogP contribution in [0.3, 0.4) is 0 Å². The van der Waals surface area contributed by atoms with E-state index in [9.17, 15) is 0 Å². The number of aryl methyl sites for hydroxylation is 2. The van der Waals surface area contributed by atoms with Crippen molar-refractivity contribution in [2.45, 2.75) is 48.3 Å². The second kappa shape index (κ2) is 13.1. The normalized spacial score (nSPS) is 17.0. The Morgan fingerprint density at radius 1 is 0.433 bits per heavy atom. The van der Waals surface area contributed by atoms with E-state index >= 15 is 0 Å². The number of terminal acetylenes is 4. The molecule has 6 aromatic carbocycles. The average molecular weight is 767 g/mol. The largest absolute Gasteiger partial charge is 0.346 e. The fourth-order valence-electron chi connectivity index (χ4n) is 12.0. The quantitative estimate of drug-likeness (QED) is 0.149. The third kappa shape index (κ3) is 4.49. The number of para-hydroxylation sites is 2. The molecule has 0 saturated heterocycles. The minimum Gasteiger partial charge on any atom is -0.346 e. The highest BCUT2D eigenvalue weighted by molar-refractivity contribution is 5.95. The van der Waals surface area contributed by atoms with Crippen molar-refractivity contribution in [1.29, 1.82) is 0 Å². The lowest BCUT2D eigenvalue weighted by molar-refractivity contribution is 0.558. The second-order valence-electron chi connectivity index (χ2n) is 17.0. The maximum atomic E-state index is 6.21. The number of hydrogen-bond acceptors (Lipinski definition) is 0. The molecule has 2 heterocycles. The summed E-state index contributed by atoms with van der Waals surface area (Å²) in [6.07, 6.45) is 26.9. The molecule has 11 rings (SSSR count). The van der Waals surface area contributed by atoms with E-state index in [4.69, 9.17) is 25.7 Å². The molecule has 0 spiro atoms. The summed E-state index contributed by atoms with van der Waals surface area (Å²) in [5.41, 5.74) is 18.9. The topological polar surface area (TPSA) is 9.86 Å². The van der Waals surface area contributed by atoms with E-state index in [0.717, 1.165) is 0 Å². The lowest BCUT2D eigenvalue weighted by Gasteiger charge is -2.35. The third-order valence-corrected chi connectivity index (χ3v) is 14.4. The molecule has 2 atom stereocenters. The molecule has 0 radical (unpaired) electrons. The first kappa shape index (κ1) is 35.8. The Morgan fingerprint density at radius 2 is 0.783 bits per heavy atom. The molecule has 3 aliphatic rings. The van der Waals surface area contributed by atoms with Crippen molar-refractivity contribution in [1.82, 2.24) is 9.13 Å². The Hall–Kier alpha value is -7.36. The van der Waals surface area contributed by atoms with Crippen molar-refractivity contribution >= 4 is 21.8 Å². The van der Waals surface area contributed by atoms with Gasteiger partial charge in [0.25, 0.3) is 0 Å². The van der Waals surface area contributed by atoms with Crippen LogP contribution in [0.1, 0.15) is 93.4 Å². The molecular weight excluding hydrogens is 725 g/mol. The number of hydrogen-bond donors (Lipinski definition) is 0. The van der Waals surface area contributed by atoms with Gasteiger partial charge in [-0.15, -0.1) is 49.4 Å². The second-order valence-corrected chi connectivity index (χ2v) is 17.0. The predicted molar refractivity (Wildman–Crippen MR) is 247 cm³/mol. The monoisotopic (exact) mass is 766 g/mol. The summed E-state index contributed by atoms with van der Waals surface area (Å²) < 4.78 is 4.91. The summed E-state index contributed by atoms with van der Waals surface area (Å²) >= 11 is 0. The number of rotatable bonds is 6. The zero-order valence-corrected chi connectivity index (χ0v) is 33.9. The lowest BCUT2D eigenvalue weighted by Crippen LogP contribution is -2.26. The van der Waals surface area contributed by atoms with E-state index in [2.05, 4.69) is 180 Å². The van der Waals surface area contributed by atoms with E-state index in [0.29, 0.717) is 25.7 Å². The molecule has 0 fully saturated rings. The minimum absolute atomic E-state index is 0.0845. The van der Waals surface area contributed by atoms with Crippen LogP contribution < -0.4 is 0 Å². The van der Waals surface area contributed by atoms with Crippen molar-refractivity contribution in [2.24, 2.45) is 14.1 Å². The molecule has 0 bridgehead atoms. The maximum Gasteiger partial charge on any atom is 0.0520 e. The van der Waals surface area contributed by atoms with E-state index in [1.807, 2.05) is 0 Å². The Morgan fingerprint density at radius 3 is 1.18 bits per heavy atom. The van der Waals surface area contributed by atoms with Crippen LogP contribution in [0.2, 0.25) is 0 Å². The van der Waals surface area contributed by atoms with Gasteiger partial charge in [-0.3, -0.25) is 0 Å². The van der Waals surface area contributed by atoms with Crippen LogP contribution in [0.5, 0.6) is 0 Å². The van der Waals surface area contributed by atoms with E-state index in [1.165, 1.54) is 100.0 Å². The van der Waals surface area contributed by atoms with Gasteiger partial charge in [-0.2, -0.15) is 0 Å². The van der Waals surface area contributed by atoms with Gasteiger partial charge in [0.15, 0.2) is 0 Å². The highest BCUT2D eigenvalue weighted by Crippen LogP contribution is 2.59. The molecule has 2 heteroatoms. The van der Waals surface area contributed by atoms with Crippen LogP contribution in [0, 0.1) is 49.4 Å². The van der Waals surface area contributed by atoms with Crippen molar-refractivity contribution in [3.05, 3.63) is 189 Å². The van der Waals surface area contributed by atoms with Crippen molar-refractivity contribution < 1.29 is 0 Å². The minimum atomic E-state index is -0.475. The summed E-state index contributed by atoms with van der Waals surface area (Å²) in [5, 5.41) is 2.51. The van der Waals surface area contributed by atoms with Crippen molar-refractivity contribution in [2.75, 3.05) is 0 Å². The van der Waals surface area contributed by atoms with Gasteiger partial charge < -0.3 is 9.13 Å². The van der Waals surface area contributed by atoms with E-state index < -0.39 is 10.8 Å². The molecule has 3 aliphatic carbocycles. The summed E-state index contributed by atoms with van der Waals surface area (Å²) in [5.74, 6) is 12.0. The maximum absolute atomic E-state index is 6.21. The molecule has 284 valence electrons. The molecular formula is C58H42N2. The fourth-order valence-corrected chi connectivity index (χ4v) is 12.0. The van der Waals surface area contributed by atoms with Gasteiger partial charge >= 0.3 is 0 Å². The summed E-state index contributed by atoms with van der Waals surface area (Å²) in [6, 6.07) is 49.4. The zero-order valence-electron chi connectivity index (χ0n) is 33.9. The van der Waals surface area contributed by atoms with Crippen molar-refractivity contribution in [3.63, 3.8) is 0 Å². The summed E-state index contributed by atoms with van der Waals surface area (Å²) in [4.78, 5) is 0. The SMILES string of the molecule is C#CCC1(CC#C)c2ccccc2-c2ccc(C3c4c(n(C)c5ccccc45)C(c4ccc5c(c4)C(CC#C)(CC#C)c4ccccc4-5)c4c3n(C)c3ccccc43)cc21. The first-order valence-corrected chi connectivity index (χ1v) is 20.8. The molecule has 60 heavy (non-hydrogen) atoms. The average Bonchev–Trinajstić information content (AvgIpc) is 3.93. The third-order valence-electron chi connectivity index (χ3n) is 14.4. The first-order chi connectivity index (χ1) is 29.4. The molecule has 0 aliphatic heterocycles. The fraction of sp³-hybridized carbons (Fsp3) is 0.172. The molecule has 2 unspecified atom stereocenters. The molecule has 0 N–H and O–H groups in total. The smallest absolute Gasteiger partial charge is 0.0520 e. The number of nitrogens with zero attached hydrogens (tertiary/aromatic N) is 2. The van der Waals surface area contributed by atoms with Gasteiger partial charge in [-0.1, -0.05) is 121 Å². The van der Waals surface area contributed by atoms with Gasteiger partial charge in [0, 0.05) is 83.8 Å². The summed E-state index contributed by atoms with van der Waals surface area (Å²) in [6.45, 7) is 0. The number of benzene rings is 6. The Kier molecular flexibility index (Phi) is 7.80. The van der Waals surface area contributed by atoms with Gasteiger partial charge in [0.1, 0.15) is 0 Å². The van der Waals surface area contributed by atoms with Crippen LogP contribution in [0.4, 0.5) is 0 Å². The standard InChI is InChI=1S/C58H42N2/c1-7-31-57(32-8-2)45-23-15-11-19-39(45)41-29-27-37(35-47(41)57)51-53-43-21-13-17-25-49(43)60(6)56(53)52(54-44-22-14-18-26-50(44)59(5)55(51)54)38-28-30-42-40-20-12-16-24-46(40)58(33-9-3,34-10-4)48(42)36-38/h1-4,11-30,35-36,51-52H,31-34H2,5-6H3. The Labute approximate surface area is 352 Å². The highest BCUT2D eigenvalue weighted by Gasteiger charge is 2.47. The van der Waals surface area contributed by atoms with Gasteiger partial charge in [-0.25, -0.2) is 0 Å². The zero-order chi connectivity index (χ0) is 40.9. The van der Waals surface area contributed by atoms with Gasteiger partial charge in [0.05, 0.1) is 11.8 Å². The van der Waals surface area contributed by atoms with E-state index in [-0.39, 0.29) is 11.8 Å². The first-order valence-electron chi connectivity index (χ1n) is 20.8. The van der Waals surface area contributed by atoms with Crippen LogP contribution >= 0.6 is 0 Å². The van der Waals surface area contributed by atoms with Crippen LogP contribution in [0.25, 0.3) is 44.1 Å². The lowest BCUT2D eigenvalue weighted by atomic mass is 9.69. The molecule has 2 nitrogen and oxygen atoms in total. The number of aromatic nitrogens is 2. The molecule has 0 saturated carbocycles. The molecule has 2 aromatic heterocycles. The van der Waals surface area contributed by atoms with Gasteiger partial charge in [0.2, 0.25) is 0 Å². The predicted octanol–water partition coefficient (Wildman–Crippen LogP) is 12.0. The van der Waals surface area contributed by atoms with Crippen LogP contribution in [0.15, 0.2) is 133 Å². The molecule has 0 amide bonds. The Bertz CT molecular complexity index is 3060. The Balaban J connectivity index is 1.22. The number of fused-ring (bicyclic) bond motifs is 12. The van der Waals surface area contributed by atoms with Gasteiger partial charge in [-0.05, 0) is 78.9 Å². The van der Waals surface area contributed by atoms with E-state index in [1.54, 1.807) is 0 Å². The van der Waals surface area contributed by atoms with Crippen molar-refractivity contribution in [3.8, 4) is 71.6 Å². The highest BCUT2D eigenvalue weighted by atomic mass is 15.0. The molecule has 8 aromatic rings. The van der Waals surface area contributed by atoms with Crippen LogP contribution in [-0.4, -0.2) is 9.13 Å². The van der Waals surface area contributed by atoms with Crippen LogP contribution in [-0.2, 0) is 24.9 Å².